The van der Waals surface area contributed by atoms with E-state index in [-0.39, 0.29) is 0 Å². The standard InChI is InChI=1S/C28H43N/c1-27(2,3)21-19-25(23-29-26-17-10-7-11-18-26)16-12-13-20-28(4,5)22-24-14-8-6-9-15-24/h6-11,14-15,17-18,25,29H,12-13,16,19-23H2,1-5H3. The molecule has 0 aliphatic heterocycles. The molecule has 0 aliphatic rings. The summed E-state index contributed by atoms with van der Waals surface area (Å²) in [6.07, 6.45) is 9.10. The molecule has 0 fully saturated rings. The lowest BCUT2D eigenvalue weighted by Gasteiger charge is -2.26. The summed E-state index contributed by atoms with van der Waals surface area (Å²) in [5.74, 6) is 0.756. The number of hydrogen-bond acceptors (Lipinski definition) is 1. The van der Waals surface area contributed by atoms with Gasteiger partial charge in [-0.1, -0.05) is 96.0 Å². The lowest BCUT2D eigenvalue weighted by atomic mass is 9.80. The van der Waals surface area contributed by atoms with Gasteiger partial charge >= 0.3 is 0 Å². The first-order valence-corrected chi connectivity index (χ1v) is 11.6. The van der Waals surface area contributed by atoms with Gasteiger partial charge in [-0.2, -0.15) is 0 Å². The molecule has 0 radical (unpaired) electrons. The van der Waals surface area contributed by atoms with Gasteiger partial charge in [-0.15, -0.1) is 0 Å². The predicted octanol–water partition coefficient (Wildman–Crippen LogP) is 8.37. The maximum atomic E-state index is 3.67. The monoisotopic (exact) mass is 393 g/mol. The number of nitrogens with one attached hydrogen (secondary N) is 1. The Morgan fingerprint density at radius 3 is 1.97 bits per heavy atom. The maximum absolute atomic E-state index is 3.67. The van der Waals surface area contributed by atoms with Gasteiger partial charge in [-0.25, -0.2) is 0 Å². The zero-order valence-electron chi connectivity index (χ0n) is 19.5. The molecular weight excluding hydrogens is 350 g/mol. The first-order valence-electron chi connectivity index (χ1n) is 11.6. The molecule has 2 aromatic rings. The van der Waals surface area contributed by atoms with E-state index in [0.717, 1.165) is 12.5 Å². The summed E-state index contributed by atoms with van der Waals surface area (Å²) in [5.41, 5.74) is 3.51. The van der Waals surface area contributed by atoms with Crippen LogP contribution in [-0.4, -0.2) is 6.54 Å². The van der Waals surface area contributed by atoms with Crippen LogP contribution in [0.3, 0.4) is 0 Å². The highest BCUT2D eigenvalue weighted by molar-refractivity contribution is 5.42. The fourth-order valence-electron chi connectivity index (χ4n) is 4.08. The number of rotatable bonds is 12. The molecule has 0 saturated heterocycles. The van der Waals surface area contributed by atoms with Gasteiger partial charge < -0.3 is 5.32 Å². The van der Waals surface area contributed by atoms with E-state index in [1.807, 2.05) is 0 Å². The van der Waals surface area contributed by atoms with Crippen LogP contribution in [-0.2, 0) is 6.42 Å². The molecular formula is C28H43N. The fourth-order valence-corrected chi connectivity index (χ4v) is 4.08. The molecule has 1 nitrogen and oxygen atoms in total. The van der Waals surface area contributed by atoms with Gasteiger partial charge in [-0.05, 0) is 66.5 Å². The Kier molecular flexibility index (Phi) is 9.27. The van der Waals surface area contributed by atoms with E-state index in [2.05, 4.69) is 101 Å². The molecule has 0 aliphatic carbocycles. The van der Waals surface area contributed by atoms with E-state index < -0.39 is 0 Å². The van der Waals surface area contributed by atoms with Crippen LogP contribution in [0.4, 0.5) is 5.69 Å². The molecule has 1 atom stereocenters. The molecule has 0 aromatic heterocycles. The molecule has 0 amide bonds. The normalized spacial score (nSPS) is 13.3. The lowest BCUT2D eigenvalue weighted by molar-refractivity contribution is 0.294. The number of anilines is 1. The Labute approximate surface area is 180 Å². The summed E-state index contributed by atoms with van der Waals surface area (Å²) in [6, 6.07) is 21.6. The van der Waals surface area contributed by atoms with E-state index in [0.29, 0.717) is 10.8 Å². The first kappa shape index (κ1) is 23.5. The molecule has 29 heavy (non-hydrogen) atoms. The number of hydrogen-bond donors (Lipinski definition) is 1. The summed E-state index contributed by atoms with van der Waals surface area (Å²) in [4.78, 5) is 0. The third-order valence-corrected chi connectivity index (χ3v) is 5.91. The van der Waals surface area contributed by atoms with Crippen molar-refractivity contribution in [3.63, 3.8) is 0 Å². The van der Waals surface area contributed by atoms with E-state index in [1.54, 1.807) is 0 Å². The Hall–Kier alpha value is -1.76. The smallest absolute Gasteiger partial charge is 0.0340 e. The van der Waals surface area contributed by atoms with Gasteiger partial charge in [0.05, 0.1) is 0 Å². The van der Waals surface area contributed by atoms with Crippen molar-refractivity contribution >= 4 is 5.69 Å². The zero-order valence-corrected chi connectivity index (χ0v) is 19.5. The van der Waals surface area contributed by atoms with Gasteiger partial charge in [0, 0.05) is 12.2 Å². The highest BCUT2D eigenvalue weighted by Crippen LogP contribution is 2.30. The molecule has 0 spiro atoms. The third-order valence-electron chi connectivity index (χ3n) is 5.91. The third kappa shape index (κ3) is 10.5. The van der Waals surface area contributed by atoms with Gasteiger partial charge in [0.2, 0.25) is 0 Å². The summed E-state index contributed by atoms with van der Waals surface area (Å²) in [5, 5.41) is 3.67. The Balaban J connectivity index is 1.78. The average Bonchev–Trinajstić information content (AvgIpc) is 2.67. The number of para-hydroxylation sites is 1. The average molecular weight is 394 g/mol. The van der Waals surface area contributed by atoms with Crippen molar-refractivity contribution in [3.8, 4) is 0 Å². The van der Waals surface area contributed by atoms with Crippen LogP contribution >= 0.6 is 0 Å². The topological polar surface area (TPSA) is 12.0 Å². The van der Waals surface area contributed by atoms with Gasteiger partial charge in [0.1, 0.15) is 0 Å². The van der Waals surface area contributed by atoms with Crippen molar-refractivity contribution in [3.05, 3.63) is 66.2 Å². The van der Waals surface area contributed by atoms with Crippen LogP contribution in [0.1, 0.15) is 78.7 Å². The van der Waals surface area contributed by atoms with E-state index >= 15 is 0 Å². The van der Waals surface area contributed by atoms with Crippen LogP contribution in [0.5, 0.6) is 0 Å². The quantitative estimate of drug-likeness (QED) is 0.357. The van der Waals surface area contributed by atoms with Gasteiger partial charge in [0.25, 0.3) is 0 Å². The number of unbranched alkanes of at least 4 members (excludes halogenated alkanes) is 1. The van der Waals surface area contributed by atoms with Crippen molar-refractivity contribution in [1.29, 1.82) is 0 Å². The fraction of sp³-hybridized carbons (Fsp3) is 0.571. The van der Waals surface area contributed by atoms with Gasteiger partial charge in [0.15, 0.2) is 0 Å². The van der Waals surface area contributed by atoms with Crippen LogP contribution in [0.15, 0.2) is 60.7 Å². The van der Waals surface area contributed by atoms with Crippen LogP contribution < -0.4 is 5.32 Å². The highest BCUT2D eigenvalue weighted by Gasteiger charge is 2.19. The molecule has 1 heteroatoms. The van der Waals surface area contributed by atoms with Gasteiger partial charge in [-0.3, -0.25) is 0 Å². The summed E-state index contributed by atoms with van der Waals surface area (Å²) in [7, 11) is 0. The molecule has 0 heterocycles. The van der Waals surface area contributed by atoms with E-state index in [9.17, 15) is 0 Å². The Bertz CT molecular complexity index is 666. The van der Waals surface area contributed by atoms with Crippen molar-refractivity contribution < 1.29 is 0 Å². The Morgan fingerprint density at radius 2 is 1.34 bits per heavy atom. The summed E-state index contributed by atoms with van der Waals surface area (Å²) in [6.45, 7) is 13.0. The molecule has 0 bridgehead atoms. The molecule has 0 saturated carbocycles. The lowest BCUT2D eigenvalue weighted by Crippen LogP contribution is -2.18. The molecule has 160 valence electrons. The summed E-state index contributed by atoms with van der Waals surface area (Å²) < 4.78 is 0. The van der Waals surface area contributed by atoms with E-state index in [1.165, 1.54) is 56.2 Å². The Morgan fingerprint density at radius 1 is 0.724 bits per heavy atom. The van der Waals surface area contributed by atoms with Crippen molar-refractivity contribution in [2.75, 3.05) is 11.9 Å². The van der Waals surface area contributed by atoms with Crippen molar-refractivity contribution in [2.45, 2.75) is 79.6 Å². The largest absolute Gasteiger partial charge is 0.385 e. The second kappa shape index (κ2) is 11.4. The van der Waals surface area contributed by atoms with E-state index in [4.69, 9.17) is 0 Å². The SMILES string of the molecule is CC(C)(C)CCC(CCCCC(C)(C)Cc1ccccc1)CNc1ccccc1. The minimum atomic E-state index is 0.380. The minimum Gasteiger partial charge on any atom is -0.385 e. The zero-order chi connectivity index (χ0) is 21.2. The second-order valence-electron chi connectivity index (χ2n) is 10.8. The van der Waals surface area contributed by atoms with Crippen molar-refractivity contribution in [1.82, 2.24) is 0 Å². The predicted molar refractivity (Wildman–Crippen MR) is 130 cm³/mol. The second-order valence-corrected chi connectivity index (χ2v) is 10.8. The molecule has 1 unspecified atom stereocenters. The number of benzene rings is 2. The van der Waals surface area contributed by atoms with Crippen LogP contribution in [0, 0.1) is 16.7 Å². The molecule has 2 rings (SSSR count). The highest BCUT2D eigenvalue weighted by atomic mass is 14.9. The van der Waals surface area contributed by atoms with Crippen LogP contribution in [0.25, 0.3) is 0 Å². The maximum Gasteiger partial charge on any atom is 0.0340 e. The minimum absolute atomic E-state index is 0.380. The molecule has 1 N–H and O–H groups in total. The van der Waals surface area contributed by atoms with Crippen molar-refractivity contribution in [2.24, 2.45) is 16.7 Å². The first-order chi connectivity index (χ1) is 13.7. The summed E-state index contributed by atoms with van der Waals surface area (Å²) >= 11 is 0. The van der Waals surface area contributed by atoms with Crippen LogP contribution in [0.2, 0.25) is 0 Å². The molecule has 2 aromatic carbocycles.